The van der Waals surface area contributed by atoms with Crippen LogP contribution in [0.25, 0.3) is 0 Å². The van der Waals surface area contributed by atoms with Gasteiger partial charge in [-0.25, -0.2) is 0 Å². The zero-order valence-electron chi connectivity index (χ0n) is 8.70. The summed E-state index contributed by atoms with van der Waals surface area (Å²) in [7, 11) is 0. The quantitative estimate of drug-likeness (QED) is 0.868. The molecule has 2 N–H and O–H groups in total. The fourth-order valence-corrected chi connectivity index (χ4v) is 2.35. The highest BCUT2D eigenvalue weighted by Crippen LogP contribution is 2.29. The summed E-state index contributed by atoms with van der Waals surface area (Å²) in [6.07, 6.45) is -4.18. The smallest absolute Gasteiger partial charge is 0.330 e. The largest absolute Gasteiger partial charge is 0.393 e. The Kier molecular flexibility index (Phi) is 5.15. The van der Waals surface area contributed by atoms with Crippen molar-refractivity contribution < 1.29 is 13.2 Å². The van der Waals surface area contributed by atoms with Crippen molar-refractivity contribution >= 4 is 11.8 Å². The number of thioether (sulfide) groups is 1. The van der Waals surface area contributed by atoms with E-state index >= 15 is 0 Å². The first kappa shape index (κ1) is 13.4. The second-order valence-corrected chi connectivity index (χ2v) is 4.51. The van der Waals surface area contributed by atoms with E-state index < -0.39 is 12.1 Å². The van der Waals surface area contributed by atoms with Gasteiger partial charge in [-0.1, -0.05) is 30.3 Å². The molecule has 0 heterocycles. The van der Waals surface area contributed by atoms with Crippen molar-refractivity contribution in [2.45, 2.75) is 11.9 Å². The monoisotopic (exact) mass is 249 g/mol. The fraction of sp³-hybridized carbons (Fsp3) is 0.455. The molecule has 16 heavy (non-hydrogen) atoms. The van der Waals surface area contributed by atoms with E-state index in [1.807, 2.05) is 30.3 Å². The molecule has 1 rings (SSSR count). The van der Waals surface area contributed by atoms with Gasteiger partial charge in [-0.05, 0) is 5.56 Å². The number of alkyl halides is 3. The van der Waals surface area contributed by atoms with Gasteiger partial charge >= 0.3 is 6.18 Å². The molecule has 0 aliphatic heterocycles. The molecule has 0 aliphatic carbocycles. The normalized spacial score (nSPS) is 13.8. The van der Waals surface area contributed by atoms with E-state index in [2.05, 4.69) is 0 Å². The van der Waals surface area contributed by atoms with Gasteiger partial charge in [0.15, 0.2) is 0 Å². The number of nitrogens with two attached hydrogens (primary N) is 1. The molecule has 0 radical (unpaired) electrons. The van der Waals surface area contributed by atoms with Crippen LogP contribution in [0.15, 0.2) is 30.3 Å². The highest BCUT2D eigenvalue weighted by molar-refractivity contribution is 7.98. The van der Waals surface area contributed by atoms with E-state index in [0.29, 0.717) is 5.75 Å². The topological polar surface area (TPSA) is 26.0 Å². The third kappa shape index (κ3) is 4.45. The summed E-state index contributed by atoms with van der Waals surface area (Å²) in [5.74, 6) is -0.788. The van der Waals surface area contributed by atoms with Gasteiger partial charge in [0.2, 0.25) is 0 Å². The Bertz CT molecular complexity index is 300. The van der Waals surface area contributed by atoms with Crippen LogP contribution in [0, 0.1) is 5.92 Å². The minimum absolute atomic E-state index is 0.0227. The molecule has 0 amide bonds. The Morgan fingerprint density at radius 3 is 2.31 bits per heavy atom. The Balaban J connectivity index is 2.35. The molecule has 5 heteroatoms. The number of benzene rings is 1. The summed E-state index contributed by atoms with van der Waals surface area (Å²) >= 11 is 1.27. The zero-order chi connectivity index (χ0) is 12.0. The molecule has 0 saturated carbocycles. The van der Waals surface area contributed by atoms with Crippen molar-refractivity contribution in [2.75, 3.05) is 12.3 Å². The number of halogens is 3. The first-order chi connectivity index (χ1) is 7.54. The van der Waals surface area contributed by atoms with Gasteiger partial charge in [0.25, 0.3) is 0 Å². The molecule has 1 atom stereocenters. The second-order valence-electron chi connectivity index (χ2n) is 3.47. The van der Waals surface area contributed by atoms with Crippen LogP contribution in [0.2, 0.25) is 0 Å². The Morgan fingerprint density at radius 2 is 1.81 bits per heavy atom. The summed E-state index contributed by atoms with van der Waals surface area (Å²) < 4.78 is 37.1. The summed E-state index contributed by atoms with van der Waals surface area (Å²) in [6, 6.07) is 9.43. The maximum absolute atomic E-state index is 12.4. The highest BCUT2D eigenvalue weighted by Gasteiger charge is 2.38. The Labute approximate surface area is 97.2 Å². The Hall–Kier alpha value is -0.680. The van der Waals surface area contributed by atoms with E-state index in [4.69, 9.17) is 5.73 Å². The lowest BCUT2D eigenvalue weighted by Crippen LogP contribution is -2.32. The fourth-order valence-electron chi connectivity index (χ4n) is 1.19. The van der Waals surface area contributed by atoms with Crippen LogP contribution in [0.4, 0.5) is 13.2 Å². The zero-order valence-corrected chi connectivity index (χ0v) is 9.52. The average molecular weight is 249 g/mol. The maximum atomic E-state index is 12.4. The summed E-state index contributed by atoms with van der Waals surface area (Å²) in [4.78, 5) is 0. The van der Waals surface area contributed by atoms with Gasteiger partial charge in [0.1, 0.15) is 0 Å². The van der Waals surface area contributed by atoms with Crippen LogP contribution in [-0.4, -0.2) is 18.5 Å². The molecule has 1 aromatic rings. The predicted octanol–water partition coefficient (Wildman–Crippen LogP) is 3.06. The van der Waals surface area contributed by atoms with Crippen LogP contribution in [0.3, 0.4) is 0 Å². The Morgan fingerprint density at radius 1 is 1.19 bits per heavy atom. The molecular formula is C11H14F3NS. The van der Waals surface area contributed by atoms with Crippen LogP contribution < -0.4 is 5.73 Å². The van der Waals surface area contributed by atoms with Crippen LogP contribution in [-0.2, 0) is 5.75 Å². The number of rotatable bonds is 5. The van der Waals surface area contributed by atoms with Crippen molar-refractivity contribution in [3.8, 4) is 0 Å². The lowest BCUT2D eigenvalue weighted by molar-refractivity contribution is -0.165. The number of hydrogen-bond acceptors (Lipinski definition) is 2. The molecule has 90 valence electrons. The molecule has 1 nitrogen and oxygen atoms in total. The third-order valence-corrected chi connectivity index (χ3v) is 3.35. The molecule has 1 unspecified atom stereocenters. The van der Waals surface area contributed by atoms with E-state index in [9.17, 15) is 13.2 Å². The first-order valence-corrected chi connectivity index (χ1v) is 6.08. The third-order valence-electron chi connectivity index (χ3n) is 2.18. The lowest BCUT2D eigenvalue weighted by atomic mass is 10.2. The lowest BCUT2D eigenvalue weighted by Gasteiger charge is -2.17. The molecule has 0 fully saturated rings. The minimum atomic E-state index is -4.18. The standard InChI is InChI=1S/C11H14F3NS/c12-11(13,14)10(6-15)8-16-7-9-4-2-1-3-5-9/h1-5,10H,6-8,15H2. The molecule has 0 bridgehead atoms. The molecule has 0 aliphatic rings. The van der Waals surface area contributed by atoms with Gasteiger partial charge in [0, 0.05) is 18.1 Å². The van der Waals surface area contributed by atoms with Crippen LogP contribution in [0.5, 0.6) is 0 Å². The molecule has 0 spiro atoms. The SMILES string of the molecule is NCC(CSCc1ccccc1)C(F)(F)F. The number of hydrogen-bond donors (Lipinski definition) is 1. The highest BCUT2D eigenvalue weighted by atomic mass is 32.2. The van der Waals surface area contributed by atoms with Crippen molar-refractivity contribution in [1.29, 1.82) is 0 Å². The molecule has 1 aromatic carbocycles. The van der Waals surface area contributed by atoms with Crippen LogP contribution in [0.1, 0.15) is 5.56 Å². The van der Waals surface area contributed by atoms with Crippen LogP contribution >= 0.6 is 11.8 Å². The van der Waals surface area contributed by atoms with Gasteiger partial charge in [-0.15, -0.1) is 0 Å². The molecular weight excluding hydrogens is 235 g/mol. The molecule has 0 aromatic heterocycles. The summed E-state index contributed by atoms with van der Waals surface area (Å²) in [5.41, 5.74) is 6.14. The van der Waals surface area contributed by atoms with E-state index in [0.717, 1.165) is 5.56 Å². The average Bonchev–Trinajstić information content (AvgIpc) is 2.24. The summed E-state index contributed by atoms with van der Waals surface area (Å²) in [6.45, 7) is -0.342. The second kappa shape index (κ2) is 6.15. The minimum Gasteiger partial charge on any atom is -0.330 e. The van der Waals surface area contributed by atoms with Crippen molar-refractivity contribution in [3.05, 3.63) is 35.9 Å². The predicted molar refractivity (Wildman–Crippen MR) is 61.2 cm³/mol. The van der Waals surface area contributed by atoms with E-state index in [-0.39, 0.29) is 12.3 Å². The van der Waals surface area contributed by atoms with E-state index in [1.54, 1.807) is 0 Å². The van der Waals surface area contributed by atoms with Gasteiger partial charge in [-0.2, -0.15) is 24.9 Å². The summed E-state index contributed by atoms with van der Waals surface area (Å²) in [5, 5.41) is 0. The van der Waals surface area contributed by atoms with Crippen molar-refractivity contribution in [3.63, 3.8) is 0 Å². The van der Waals surface area contributed by atoms with Crippen molar-refractivity contribution in [1.82, 2.24) is 0 Å². The molecule has 0 saturated heterocycles. The first-order valence-electron chi connectivity index (χ1n) is 4.92. The van der Waals surface area contributed by atoms with Gasteiger partial charge in [-0.3, -0.25) is 0 Å². The van der Waals surface area contributed by atoms with E-state index in [1.165, 1.54) is 11.8 Å². The maximum Gasteiger partial charge on any atom is 0.393 e. The van der Waals surface area contributed by atoms with Gasteiger partial charge < -0.3 is 5.73 Å². The van der Waals surface area contributed by atoms with Gasteiger partial charge in [0.05, 0.1) is 5.92 Å². The van der Waals surface area contributed by atoms with Crippen molar-refractivity contribution in [2.24, 2.45) is 11.7 Å².